The van der Waals surface area contributed by atoms with Crippen LogP contribution in [0.3, 0.4) is 0 Å². The van der Waals surface area contributed by atoms with E-state index in [1.54, 1.807) is 0 Å². The summed E-state index contributed by atoms with van der Waals surface area (Å²) >= 11 is 1.85. The van der Waals surface area contributed by atoms with Gasteiger partial charge in [-0.2, -0.15) is 0 Å². The van der Waals surface area contributed by atoms with Gasteiger partial charge in [-0.25, -0.2) is 0 Å². The van der Waals surface area contributed by atoms with Gasteiger partial charge in [-0.1, -0.05) is 133 Å². The van der Waals surface area contributed by atoms with Gasteiger partial charge in [0.25, 0.3) is 0 Å². The van der Waals surface area contributed by atoms with Crippen LogP contribution in [0, 0.1) is 0 Å². The standard InChI is InChI=1S/C54H34N2OS/c1-2-15-35(16-3-1)38-21-14-26-49(54(38)36-29-32-53-44(33-36)42-20-7-13-28-52(42)58-53)55(37-30-31-51-43(34-37)41-19-6-12-27-50(41)57-51)47-24-10-11-25-48(47)56-45-22-8-4-17-39(45)40-18-5-9-23-46(40)56/h1-34H. The van der Waals surface area contributed by atoms with Crippen LogP contribution in [-0.4, -0.2) is 4.57 Å². The van der Waals surface area contributed by atoms with Crippen LogP contribution in [-0.2, 0) is 0 Å². The summed E-state index contributed by atoms with van der Waals surface area (Å²) in [4.78, 5) is 2.47. The Labute approximate surface area is 338 Å². The fourth-order valence-electron chi connectivity index (χ4n) is 9.06. The molecule has 0 saturated heterocycles. The predicted molar refractivity (Wildman–Crippen MR) is 247 cm³/mol. The molecule has 0 aliphatic heterocycles. The van der Waals surface area contributed by atoms with E-state index in [0.29, 0.717) is 0 Å². The molecule has 12 aromatic rings. The van der Waals surface area contributed by atoms with E-state index in [1.807, 2.05) is 17.4 Å². The van der Waals surface area contributed by atoms with Crippen molar-refractivity contribution >= 4 is 92.3 Å². The van der Waals surface area contributed by atoms with Crippen LogP contribution in [0.25, 0.3) is 91.9 Å². The van der Waals surface area contributed by atoms with Crippen molar-refractivity contribution in [2.45, 2.75) is 0 Å². The number of hydrogen-bond acceptors (Lipinski definition) is 3. The van der Waals surface area contributed by atoms with Gasteiger partial charge in [0, 0.05) is 53.0 Å². The second-order valence-corrected chi connectivity index (χ2v) is 15.9. The quantitative estimate of drug-likeness (QED) is 0.168. The summed E-state index contributed by atoms with van der Waals surface area (Å²) in [6, 6.07) is 74.7. The molecule has 9 aromatic carbocycles. The number of fused-ring (bicyclic) bond motifs is 9. The van der Waals surface area contributed by atoms with E-state index in [9.17, 15) is 0 Å². The van der Waals surface area contributed by atoms with E-state index < -0.39 is 0 Å². The SMILES string of the molecule is c1ccc(-c2cccc(N(c3ccc4oc5ccccc5c4c3)c3ccccc3-n3c4ccccc4c4ccccc43)c2-c2ccc3sc4ccccc4c3c2)cc1. The van der Waals surface area contributed by atoms with E-state index in [2.05, 4.69) is 210 Å². The molecule has 0 fully saturated rings. The minimum absolute atomic E-state index is 0.869. The predicted octanol–water partition coefficient (Wildman–Crippen LogP) is 15.9. The molecule has 0 aliphatic carbocycles. The highest BCUT2D eigenvalue weighted by Crippen LogP contribution is 2.49. The molecular weight excluding hydrogens is 725 g/mol. The summed E-state index contributed by atoms with van der Waals surface area (Å²) in [5.41, 5.74) is 13.0. The normalized spacial score (nSPS) is 11.8. The third-order valence-electron chi connectivity index (χ3n) is 11.6. The third kappa shape index (κ3) is 5.05. The molecular formula is C54H34N2OS. The first kappa shape index (κ1) is 32.8. The van der Waals surface area contributed by atoms with Gasteiger partial charge >= 0.3 is 0 Å². The van der Waals surface area contributed by atoms with Crippen molar-refractivity contribution in [1.82, 2.24) is 4.57 Å². The Bertz CT molecular complexity index is 3480. The largest absolute Gasteiger partial charge is 0.456 e. The minimum Gasteiger partial charge on any atom is -0.456 e. The van der Waals surface area contributed by atoms with Crippen molar-refractivity contribution < 1.29 is 4.42 Å². The van der Waals surface area contributed by atoms with Crippen LogP contribution in [0.1, 0.15) is 0 Å². The Hall–Kier alpha value is -7.40. The molecule has 0 radical (unpaired) electrons. The Morgan fingerprint density at radius 1 is 0.397 bits per heavy atom. The molecule has 3 nitrogen and oxygen atoms in total. The second-order valence-electron chi connectivity index (χ2n) is 14.8. The minimum atomic E-state index is 0.869. The lowest BCUT2D eigenvalue weighted by molar-refractivity contribution is 0.669. The smallest absolute Gasteiger partial charge is 0.135 e. The summed E-state index contributed by atoms with van der Waals surface area (Å²) in [6.07, 6.45) is 0. The zero-order valence-electron chi connectivity index (χ0n) is 31.3. The molecule has 0 unspecified atom stereocenters. The molecule has 0 aliphatic rings. The summed E-state index contributed by atoms with van der Waals surface area (Å²) in [5, 5.41) is 7.20. The summed E-state index contributed by atoms with van der Waals surface area (Å²) < 4.78 is 11.4. The zero-order chi connectivity index (χ0) is 38.2. The number of benzene rings is 9. The van der Waals surface area contributed by atoms with Gasteiger partial charge in [-0.15, -0.1) is 11.3 Å². The van der Waals surface area contributed by atoms with Gasteiger partial charge in [0.05, 0.1) is 28.1 Å². The van der Waals surface area contributed by atoms with Gasteiger partial charge in [-0.05, 0) is 89.5 Å². The van der Waals surface area contributed by atoms with E-state index in [0.717, 1.165) is 44.7 Å². The van der Waals surface area contributed by atoms with Crippen LogP contribution in [0.5, 0.6) is 0 Å². The number of aromatic nitrogens is 1. The summed E-state index contributed by atoms with van der Waals surface area (Å²) in [5.74, 6) is 0. The van der Waals surface area contributed by atoms with Crippen LogP contribution >= 0.6 is 11.3 Å². The average Bonchev–Trinajstić information content (AvgIpc) is 3.96. The second kappa shape index (κ2) is 13.1. The first-order chi connectivity index (χ1) is 28.8. The fourth-order valence-corrected chi connectivity index (χ4v) is 10.1. The molecule has 12 rings (SSSR count). The average molecular weight is 759 g/mol. The Kier molecular flexibility index (Phi) is 7.40. The number of rotatable bonds is 6. The van der Waals surface area contributed by atoms with Gasteiger partial charge in [0.15, 0.2) is 0 Å². The van der Waals surface area contributed by atoms with E-state index in [-0.39, 0.29) is 0 Å². The Morgan fingerprint density at radius 3 is 1.86 bits per heavy atom. The molecule has 0 amide bonds. The third-order valence-corrected chi connectivity index (χ3v) is 12.7. The molecule has 0 atom stereocenters. The lowest BCUT2D eigenvalue weighted by Crippen LogP contribution is -2.14. The molecule has 4 heteroatoms. The lowest BCUT2D eigenvalue weighted by atomic mass is 9.91. The number of anilines is 3. The maximum atomic E-state index is 6.39. The Morgan fingerprint density at radius 2 is 1.03 bits per heavy atom. The van der Waals surface area contributed by atoms with E-state index in [4.69, 9.17) is 4.42 Å². The summed E-state index contributed by atoms with van der Waals surface area (Å²) in [7, 11) is 0. The van der Waals surface area contributed by atoms with Crippen LogP contribution in [0.2, 0.25) is 0 Å². The molecule has 0 bridgehead atoms. The first-order valence-corrected chi connectivity index (χ1v) is 20.5. The van der Waals surface area contributed by atoms with Crippen molar-refractivity contribution in [2.24, 2.45) is 0 Å². The topological polar surface area (TPSA) is 21.3 Å². The van der Waals surface area contributed by atoms with Crippen molar-refractivity contribution in [3.8, 4) is 27.9 Å². The summed E-state index contributed by atoms with van der Waals surface area (Å²) in [6.45, 7) is 0. The molecule has 0 N–H and O–H groups in total. The first-order valence-electron chi connectivity index (χ1n) is 19.7. The fraction of sp³-hybridized carbons (Fsp3) is 0. The van der Waals surface area contributed by atoms with Crippen LogP contribution in [0.4, 0.5) is 17.1 Å². The van der Waals surface area contributed by atoms with Gasteiger partial charge in [-0.3, -0.25) is 0 Å². The number of nitrogens with zero attached hydrogens (tertiary/aromatic N) is 2. The highest BCUT2D eigenvalue weighted by Gasteiger charge is 2.25. The van der Waals surface area contributed by atoms with Crippen molar-refractivity contribution in [2.75, 3.05) is 4.90 Å². The highest BCUT2D eigenvalue weighted by atomic mass is 32.1. The van der Waals surface area contributed by atoms with Crippen molar-refractivity contribution in [3.63, 3.8) is 0 Å². The highest BCUT2D eigenvalue weighted by molar-refractivity contribution is 7.25. The van der Waals surface area contributed by atoms with Gasteiger partial charge < -0.3 is 13.9 Å². The number of para-hydroxylation sites is 5. The van der Waals surface area contributed by atoms with Crippen LogP contribution < -0.4 is 4.90 Å². The zero-order valence-corrected chi connectivity index (χ0v) is 32.2. The molecule has 0 saturated carbocycles. The van der Waals surface area contributed by atoms with Crippen LogP contribution in [0.15, 0.2) is 211 Å². The Balaban J connectivity index is 1.20. The molecule has 3 heterocycles. The maximum Gasteiger partial charge on any atom is 0.135 e. The van der Waals surface area contributed by atoms with E-state index >= 15 is 0 Å². The van der Waals surface area contributed by atoms with Gasteiger partial charge in [0.2, 0.25) is 0 Å². The number of hydrogen-bond donors (Lipinski definition) is 0. The number of furan rings is 1. The number of thiophene rings is 1. The van der Waals surface area contributed by atoms with Gasteiger partial charge in [0.1, 0.15) is 11.2 Å². The van der Waals surface area contributed by atoms with Crippen molar-refractivity contribution in [1.29, 1.82) is 0 Å². The molecule has 3 aromatic heterocycles. The van der Waals surface area contributed by atoms with Crippen molar-refractivity contribution in [3.05, 3.63) is 206 Å². The molecule has 58 heavy (non-hydrogen) atoms. The lowest BCUT2D eigenvalue weighted by Gasteiger charge is -2.31. The molecule has 272 valence electrons. The monoisotopic (exact) mass is 758 g/mol. The molecule has 0 spiro atoms. The van der Waals surface area contributed by atoms with E-state index in [1.165, 1.54) is 64.2 Å². The maximum absolute atomic E-state index is 6.39.